The van der Waals surface area contributed by atoms with Crippen LogP contribution >= 0.6 is 0 Å². The highest BCUT2D eigenvalue weighted by Crippen LogP contribution is 2.22. The molecule has 0 radical (unpaired) electrons. The van der Waals surface area contributed by atoms with Crippen molar-refractivity contribution >= 4 is 15.9 Å². The number of ether oxygens (including phenoxy) is 2. The van der Waals surface area contributed by atoms with E-state index in [0.717, 1.165) is 0 Å². The summed E-state index contributed by atoms with van der Waals surface area (Å²) in [5, 5.41) is 0. The Morgan fingerprint density at radius 3 is 2.12 bits per heavy atom. The summed E-state index contributed by atoms with van der Waals surface area (Å²) in [6.45, 7) is 0. The Bertz CT molecular complexity index is 784. The summed E-state index contributed by atoms with van der Waals surface area (Å²) < 4.78 is 34.2. The van der Waals surface area contributed by atoms with Crippen LogP contribution in [0.1, 0.15) is 15.9 Å². The van der Waals surface area contributed by atoms with E-state index < -0.39 is 15.9 Å². The molecule has 0 aliphatic heterocycles. The second kappa shape index (κ2) is 7.80. The molecule has 2 aromatic rings. The van der Waals surface area contributed by atoms with Gasteiger partial charge in [0.05, 0.1) is 20.0 Å². The zero-order chi connectivity index (χ0) is 17.6. The second-order valence-corrected chi connectivity index (χ2v) is 6.62. The predicted octanol–water partition coefficient (Wildman–Crippen LogP) is 1.47. The van der Waals surface area contributed by atoms with E-state index in [9.17, 15) is 13.2 Å². The van der Waals surface area contributed by atoms with E-state index in [1.54, 1.807) is 36.4 Å². The second-order valence-electron chi connectivity index (χ2n) is 4.90. The lowest BCUT2D eigenvalue weighted by Crippen LogP contribution is -2.42. The average molecular weight is 350 g/mol. The molecule has 0 unspecified atom stereocenters. The highest BCUT2D eigenvalue weighted by molar-refractivity contribution is 7.88. The van der Waals surface area contributed by atoms with Gasteiger partial charge in [-0.3, -0.25) is 10.2 Å². The molecule has 1 amide bonds. The SMILES string of the molecule is COc1cc(OC)cc(C(=O)NNS(=O)(=O)Cc2ccccc2)c1. The van der Waals surface area contributed by atoms with Crippen LogP contribution in [0.15, 0.2) is 48.5 Å². The Labute approximate surface area is 140 Å². The van der Waals surface area contributed by atoms with Gasteiger partial charge < -0.3 is 9.47 Å². The van der Waals surface area contributed by atoms with Crippen LogP contribution in [0.2, 0.25) is 0 Å². The number of rotatable bonds is 7. The summed E-state index contributed by atoms with van der Waals surface area (Å²) >= 11 is 0. The molecule has 2 aromatic carbocycles. The number of carbonyl (C=O) groups excluding carboxylic acids is 1. The summed E-state index contributed by atoms with van der Waals surface area (Å²) in [7, 11) is -0.799. The molecular weight excluding hydrogens is 332 g/mol. The van der Waals surface area contributed by atoms with Crippen LogP contribution in [0.3, 0.4) is 0 Å². The van der Waals surface area contributed by atoms with Crippen molar-refractivity contribution in [3.8, 4) is 11.5 Å². The zero-order valence-electron chi connectivity index (χ0n) is 13.3. The quantitative estimate of drug-likeness (QED) is 0.738. The highest BCUT2D eigenvalue weighted by Gasteiger charge is 2.15. The standard InChI is InChI=1S/C16H18N2O5S/c1-22-14-8-13(9-15(10-14)23-2)16(19)17-18-24(20,21)11-12-6-4-3-5-7-12/h3-10,18H,11H2,1-2H3,(H,17,19). The van der Waals surface area contributed by atoms with E-state index in [0.29, 0.717) is 17.1 Å². The third-order valence-electron chi connectivity index (χ3n) is 3.13. The van der Waals surface area contributed by atoms with Crippen molar-refractivity contribution in [1.29, 1.82) is 0 Å². The van der Waals surface area contributed by atoms with E-state index in [1.165, 1.54) is 26.4 Å². The highest BCUT2D eigenvalue weighted by atomic mass is 32.2. The lowest BCUT2D eigenvalue weighted by Gasteiger charge is -2.10. The van der Waals surface area contributed by atoms with Gasteiger partial charge in [-0.25, -0.2) is 8.42 Å². The number of carbonyl (C=O) groups is 1. The Balaban J connectivity index is 2.04. The molecule has 0 saturated heterocycles. The van der Waals surface area contributed by atoms with Crippen molar-refractivity contribution in [3.63, 3.8) is 0 Å². The largest absolute Gasteiger partial charge is 0.497 e. The molecule has 24 heavy (non-hydrogen) atoms. The minimum atomic E-state index is -3.71. The van der Waals surface area contributed by atoms with E-state index in [1.807, 2.05) is 0 Å². The van der Waals surface area contributed by atoms with Gasteiger partial charge in [-0.1, -0.05) is 30.3 Å². The molecule has 7 nitrogen and oxygen atoms in total. The van der Waals surface area contributed by atoms with Gasteiger partial charge in [-0.2, -0.15) is 0 Å². The van der Waals surface area contributed by atoms with Gasteiger partial charge in [0.25, 0.3) is 5.91 Å². The van der Waals surface area contributed by atoms with Crippen LogP contribution in [0.4, 0.5) is 0 Å². The number of nitrogens with one attached hydrogen (secondary N) is 2. The lowest BCUT2D eigenvalue weighted by molar-refractivity contribution is 0.0944. The molecular formula is C16H18N2O5S. The fraction of sp³-hybridized carbons (Fsp3) is 0.188. The van der Waals surface area contributed by atoms with E-state index in [2.05, 4.69) is 10.3 Å². The molecule has 2 N–H and O–H groups in total. The van der Waals surface area contributed by atoms with Crippen LogP contribution in [-0.2, 0) is 15.8 Å². The first kappa shape index (κ1) is 17.8. The molecule has 0 bridgehead atoms. The summed E-state index contributed by atoms with van der Waals surface area (Å²) in [5.74, 6) is -0.0163. The van der Waals surface area contributed by atoms with Crippen molar-refractivity contribution in [2.24, 2.45) is 0 Å². The molecule has 0 fully saturated rings. The Kier molecular flexibility index (Phi) is 5.78. The van der Waals surface area contributed by atoms with Crippen molar-refractivity contribution < 1.29 is 22.7 Å². The predicted molar refractivity (Wildman–Crippen MR) is 89.2 cm³/mol. The summed E-state index contributed by atoms with van der Waals surface area (Å²) in [5.41, 5.74) is 2.99. The smallest absolute Gasteiger partial charge is 0.266 e. The normalized spacial score (nSPS) is 10.9. The van der Waals surface area contributed by atoms with Gasteiger partial charge in [0, 0.05) is 11.6 Å². The molecule has 0 saturated carbocycles. The Hall–Kier alpha value is -2.58. The summed E-state index contributed by atoms with van der Waals surface area (Å²) in [4.78, 5) is 14.2. The third-order valence-corrected chi connectivity index (χ3v) is 4.26. The number of hydrogen-bond donors (Lipinski definition) is 2. The van der Waals surface area contributed by atoms with Crippen LogP contribution < -0.4 is 19.7 Å². The molecule has 0 aliphatic rings. The monoisotopic (exact) mass is 350 g/mol. The van der Waals surface area contributed by atoms with Gasteiger partial charge in [0.1, 0.15) is 11.5 Å². The first-order valence-corrected chi connectivity index (χ1v) is 8.65. The third kappa shape index (κ3) is 4.97. The van der Waals surface area contributed by atoms with E-state index in [4.69, 9.17) is 9.47 Å². The first-order valence-electron chi connectivity index (χ1n) is 7.00. The van der Waals surface area contributed by atoms with Crippen LogP contribution in [-0.4, -0.2) is 28.5 Å². The minimum Gasteiger partial charge on any atom is -0.497 e. The van der Waals surface area contributed by atoms with Crippen LogP contribution in [0, 0.1) is 0 Å². The zero-order valence-corrected chi connectivity index (χ0v) is 14.1. The topological polar surface area (TPSA) is 93.7 Å². The molecule has 0 spiro atoms. The molecule has 0 heterocycles. The van der Waals surface area contributed by atoms with Gasteiger partial charge >= 0.3 is 0 Å². The van der Waals surface area contributed by atoms with Crippen LogP contribution in [0.5, 0.6) is 11.5 Å². The molecule has 0 aromatic heterocycles. The molecule has 0 atom stereocenters. The van der Waals surface area contributed by atoms with Crippen molar-refractivity contribution in [2.45, 2.75) is 5.75 Å². The molecule has 2 rings (SSSR count). The minimum absolute atomic E-state index is 0.202. The number of amides is 1. The molecule has 0 aliphatic carbocycles. The Morgan fingerprint density at radius 1 is 1.00 bits per heavy atom. The number of hydrogen-bond acceptors (Lipinski definition) is 5. The fourth-order valence-electron chi connectivity index (χ4n) is 1.96. The number of sulfonamides is 1. The fourth-order valence-corrected chi connectivity index (χ4v) is 2.92. The van der Waals surface area contributed by atoms with Gasteiger partial charge in [-0.05, 0) is 17.7 Å². The molecule has 8 heteroatoms. The lowest BCUT2D eigenvalue weighted by atomic mass is 10.2. The maximum absolute atomic E-state index is 12.1. The number of hydrazine groups is 1. The summed E-state index contributed by atoms with van der Waals surface area (Å²) in [6, 6.07) is 13.2. The number of methoxy groups -OCH3 is 2. The van der Waals surface area contributed by atoms with Gasteiger partial charge in [0.15, 0.2) is 0 Å². The van der Waals surface area contributed by atoms with Crippen molar-refractivity contribution in [3.05, 3.63) is 59.7 Å². The Morgan fingerprint density at radius 2 is 1.58 bits per heavy atom. The average Bonchev–Trinajstić information content (AvgIpc) is 2.59. The molecule has 128 valence electrons. The van der Waals surface area contributed by atoms with Crippen LogP contribution in [0.25, 0.3) is 0 Å². The van der Waals surface area contributed by atoms with Crippen molar-refractivity contribution in [1.82, 2.24) is 10.3 Å². The van der Waals surface area contributed by atoms with E-state index >= 15 is 0 Å². The first-order chi connectivity index (χ1) is 11.4. The summed E-state index contributed by atoms with van der Waals surface area (Å²) in [6.07, 6.45) is 0. The maximum atomic E-state index is 12.1. The maximum Gasteiger partial charge on any atom is 0.266 e. The van der Waals surface area contributed by atoms with Crippen molar-refractivity contribution in [2.75, 3.05) is 14.2 Å². The number of benzene rings is 2. The van der Waals surface area contributed by atoms with Gasteiger partial charge in [0.2, 0.25) is 10.0 Å². The van der Waals surface area contributed by atoms with E-state index in [-0.39, 0.29) is 11.3 Å². The van der Waals surface area contributed by atoms with Gasteiger partial charge in [-0.15, -0.1) is 4.83 Å².